The smallest absolute Gasteiger partial charge is 0.257 e. The fourth-order valence-corrected chi connectivity index (χ4v) is 2.31. The zero-order chi connectivity index (χ0) is 15.9. The molecule has 0 unspecified atom stereocenters. The van der Waals surface area contributed by atoms with E-state index in [1.807, 2.05) is 30.3 Å². The summed E-state index contributed by atoms with van der Waals surface area (Å²) in [6.45, 7) is 5.23. The zero-order valence-electron chi connectivity index (χ0n) is 12.8. The number of amides is 1. The number of nitrogens with one attached hydrogen (secondary N) is 2. The van der Waals surface area contributed by atoms with E-state index in [0.717, 1.165) is 28.8 Å². The highest BCUT2D eigenvalue weighted by atomic mass is 79.9. The molecular formula is C17H20BrN3O. The van der Waals surface area contributed by atoms with Gasteiger partial charge in [-0.25, -0.2) is 0 Å². The normalized spacial score (nSPS) is 10.5. The molecule has 0 aliphatic heterocycles. The van der Waals surface area contributed by atoms with Gasteiger partial charge in [-0.2, -0.15) is 0 Å². The quantitative estimate of drug-likeness (QED) is 0.792. The number of halogens is 1. The standard InChI is InChI=1S/C17H20BrN3O/c1-12(2)7-8-20-14-9-13(10-19-11-14)17(22)21-16-6-4-3-5-15(16)18/h3-6,9-12,20H,7-8H2,1-2H3,(H,21,22). The molecule has 22 heavy (non-hydrogen) atoms. The number of pyridine rings is 1. The number of carbonyl (C=O) groups is 1. The van der Waals surface area contributed by atoms with Crippen molar-refractivity contribution in [1.82, 2.24) is 4.98 Å². The minimum Gasteiger partial charge on any atom is -0.384 e. The van der Waals surface area contributed by atoms with Crippen LogP contribution in [0.1, 0.15) is 30.6 Å². The van der Waals surface area contributed by atoms with Gasteiger partial charge in [0.15, 0.2) is 0 Å². The fraction of sp³-hybridized carbons (Fsp3) is 0.294. The van der Waals surface area contributed by atoms with Gasteiger partial charge in [-0.05, 0) is 46.5 Å². The SMILES string of the molecule is CC(C)CCNc1cncc(C(=O)Nc2ccccc2Br)c1. The maximum absolute atomic E-state index is 12.3. The highest BCUT2D eigenvalue weighted by Crippen LogP contribution is 2.22. The minimum absolute atomic E-state index is 0.174. The molecule has 0 fully saturated rings. The first kappa shape index (κ1) is 16.5. The summed E-state index contributed by atoms with van der Waals surface area (Å²) in [4.78, 5) is 16.4. The molecule has 0 bridgehead atoms. The van der Waals surface area contributed by atoms with Crippen LogP contribution < -0.4 is 10.6 Å². The summed E-state index contributed by atoms with van der Waals surface area (Å²) < 4.78 is 0.850. The van der Waals surface area contributed by atoms with Gasteiger partial charge in [0.1, 0.15) is 0 Å². The number of hydrogen-bond acceptors (Lipinski definition) is 3. The molecule has 5 heteroatoms. The average molecular weight is 362 g/mol. The van der Waals surface area contributed by atoms with Crippen LogP contribution >= 0.6 is 15.9 Å². The number of benzene rings is 1. The molecule has 0 aliphatic rings. The van der Waals surface area contributed by atoms with E-state index in [9.17, 15) is 4.79 Å². The molecule has 1 aromatic heterocycles. The van der Waals surface area contributed by atoms with E-state index < -0.39 is 0 Å². The van der Waals surface area contributed by atoms with Crippen LogP contribution in [-0.4, -0.2) is 17.4 Å². The largest absolute Gasteiger partial charge is 0.384 e. The minimum atomic E-state index is -0.174. The van der Waals surface area contributed by atoms with Gasteiger partial charge in [0, 0.05) is 23.4 Å². The van der Waals surface area contributed by atoms with Crippen molar-refractivity contribution in [3.05, 3.63) is 52.8 Å². The second-order valence-electron chi connectivity index (χ2n) is 5.51. The van der Waals surface area contributed by atoms with Gasteiger partial charge in [-0.3, -0.25) is 9.78 Å². The summed E-state index contributed by atoms with van der Waals surface area (Å²) in [5, 5.41) is 6.17. The molecule has 4 nitrogen and oxygen atoms in total. The molecule has 0 atom stereocenters. The molecule has 2 N–H and O–H groups in total. The van der Waals surface area contributed by atoms with Crippen molar-refractivity contribution in [2.24, 2.45) is 5.92 Å². The molecule has 0 radical (unpaired) electrons. The zero-order valence-corrected chi connectivity index (χ0v) is 14.4. The van der Waals surface area contributed by atoms with Gasteiger partial charge >= 0.3 is 0 Å². The Hall–Kier alpha value is -1.88. The van der Waals surface area contributed by atoms with Crippen LogP contribution in [0.15, 0.2) is 47.2 Å². The lowest BCUT2D eigenvalue weighted by molar-refractivity contribution is 0.102. The predicted octanol–water partition coefficient (Wildman–Crippen LogP) is 4.55. The first-order valence-electron chi connectivity index (χ1n) is 7.31. The van der Waals surface area contributed by atoms with Crippen LogP contribution in [-0.2, 0) is 0 Å². The van der Waals surface area contributed by atoms with E-state index >= 15 is 0 Å². The second-order valence-corrected chi connectivity index (χ2v) is 6.36. The average Bonchev–Trinajstić information content (AvgIpc) is 2.49. The molecule has 0 saturated heterocycles. The molecule has 2 rings (SSSR count). The number of para-hydroxylation sites is 1. The van der Waals surface area contributed by atoms with E-state index in [0.29, 0.717) is 11.5 Å². The van der Waals surface area contributed by atoms with Crippen LogP contribution in [0.5, 0.6) is 0 Å². The van der Waals surface area contributed by atoms with Crippen molar-refractivity contribution < 1.29 is 4.79 Å². The summed E-state index contributed by atoms with van der Waals surface area (Å²) in [5.41, 5.74) is 2.14. The van der Waals surface area contributed by atoms with Crippen LogP contribution in [0.4, 0.5) is 11.4 Å². The molecule has 0 aliphatic carbocycles. The van der Waals surface area contributed by atoms with Gasteiger partial charge in [0.25, 0.3) is 5.91 Å². The van der Waals surface area contributed by atoms with Crippen molar-refractivity contribution in [2.45, 2.75) is 20.3 Å². The van der Waals surface area contributed by atoms with Gasteiger partial charge in [0.05, 0.1) is 16.9 Å². The maximum atomic E-state index is 12.3. The van der Waals surface area contributed by atoms with Crippen molar-refractivity contribution in [2.75, 3.05) is 17.2 Å². The van der Waals surface area contributed by atoms with E-state index in [1.54, 1.807) is 12.4 Å². The molecule has 116 valence electrons. The lowest BCUT2D eigenvalue weighted by Crippen LogP contribution is -2.13. The number of carbonyl (C=O) groups excluding carboxylic acids is 1. The first-order chi connectivity index (χ1) is 10.6. The summed E-state index contributed by atoms with van der Waals surface area (Å²) in [7, 11) is 0. The second kappa shape index (κ2) is 7.94. The Morgan fingerprint density at radius 3 is 2.77 bits per heavy atom. The number of aromatic nitrogens is 1. The highest BCUT2D eigenvalue weighted by Gasteiger charge is 2.09. The van der Waals surface area contributed by atoms with Crippen LogP contribution in [0.2, 0.25) is 0 Å². The molecule has 0 saturated carbocycles. The Morgan fingerprint density at radius 2 is 2.05 bits per heavy atom. The van der Waals surface area contributed by atoms with Crippen LogP contribution in [0, 0.1) is 5.92 Å². The van der Waals surface area contributed by atoms with E-state index in [2.05, 4.69) is 45.4 Å². The number of nitrogens with zero attached hydrogens (tertiary/aromatic N) is 1. The van der Waals surface area contributed by atoms with Crippen LogP contribution in [0.3, 0.4) is 0 Å². The van der Waals surface area contributed by atoms with Gasteiger partial charge in [0.2, 0.25) is 0 Å². The molecule has 1 aromatic carbocycles. The molecule has 0 spiro atoms. The Labute approximate surface area is 139 Å². The van der Waals surface area contributed by atoms with Crippen molar-refractivity contribution >= 4 is 33.2 Å². The first-order valence-corrected chi connectivity index (χ1v) is 8.10. The summed E-state index contributed by atoms with van der Waals surface area (Å²) in [5.74, 6) is 0.467. The van der Waals surface area contributed by atoms with Crippen molar-refractivity contribution in [3.8, 4) is 0 Å². The Morgan fingerprint density at radius 1 is 1.27 bits per heavy atom. The Balaban J connectivity index is 2.02. The van der Waals surface area contributed by atoms with Gasteiger partial charge in [-0.1, -0.05) is 26.0 Å². The van der Waals surface area contributed by atoms with Crippen molar-refractivity contribution in [1.29, 1.82) is 0 Å². The van der Waals surface area contributed by atoms with Gasteiger partial charge in [-0.15, -0.1) is 0 Å². The molecular weight excluding hydrogens is 342 g/mol. The predicted molar refractivity (Wildman–Crippen MR) is 94.3 cm³/mol. The molecule has 1 amide bonds. The summed E-state index contributed by atoms with van der Waals surface area (Å²) in [6, 6.07) is 9.33. The molecule has 2 aromatic rings. The third-order valence-electron chi connectivity index (χ3n) is 3.17. The van der Waals surface area contributed by atoms with Crippen molar-refractivity contribution in [3.63, 3.8) is 0 Å². The van der Waals surface area contributed by atoms with Crippen LogP contribution in [0.25, 0.3) is 0 Å². The van der Waals surface area contributed by atoms with E-state index in [4.69, 9.17) is 0 Å². The summed E-state index contributed by atoms with van der Waals surface area (Å²) >= 11 is 3.42. The molecule has 1 heterocycles. The number of rotatable bonds is 6. The fourth-order valence-electron chi connectivity index (χ4n) is 1.92. The lowest BCUT2D eigenvalue weighted by Gasteiger charge is -2.10. The third kappa shape index (κ3) is 4.84. The monoisotopic (exact) mass is 361 g/mol. The maximum Gasteiger partial charge on any atom is 0.257 e. The lowest BCUT2D eigenvalue weighted by atomic mass is 10.1. The topological polar surface area (TPSA) is 54.0 Å². The van der Waals surface area contributed by atoms with E-state index in [1.165, 1.54) is 0 Å². The summed E-state index contributed by atoms with van der Waals surface area (Å²) in [6.07, 6.45) is 4.38. The van der Waals surface area contributed by atoms with E-state index in [-0.39, 0.29) is 5.91 Å². The highest BCUT2D eigenvalue weighted by molar-refractivity contribution is 9.10. The Bertz CT molecular complexity index is 643. The number of anilines is 2. The van der Waals surface area contributed by atoms with Gasteiger partial charge < -0.3 is 10.6 Å². The number of hydrogen-bond donors (Lipinski definition) is 2. The Kier molecular flexibility index (Phi) is 5.95. The third-order valence-corrected chi connectivity index (χ3v) is 3.86.